The van der Waals surface area contributed by atoms with Crippen molar-refractivity contribution in [1.29, 1.82) is 0 Å². The van der Waals surface area contributed by atoms with Gasteiger partial charge < -0.3 is 0 Å². The van der Waals surface area contributed by atoms with Crippen molar-refractivity contribution in [2.24, 2.45) is 4.99 Å². The molecule has 1 nitrogen and oxygen atoms in total. The van der Waals surface area contributed by atoms with Gasteiger partial charge in [0.05, 0.1) is 11.1 Å². The zero-order valence-corrected chi connectivity index (χ0v) is 6.05. The van der Waals surface area contributed by atoms with Crippen LogP contribution in [0.4, 0.5) is 0 Å². The summed E-state index contributed by atoms with van der Waals surface area (Å²) in [5.74, 6) is 0. The molecule has 2 rings (SSSR count). The number of rotatable bonds is 0. The molecule has 0 bridgehead atoms. The van der Waals surface area contributed by atoms with Crippen molar-refractivity contribution in [3.05, 3.63) is 35.6 Å². The number of hydrogen-bond donors (Lipinski definition) is 0. The van der Waals surface area contributed by atoms with Gasteiger partial charge in [0.25, 0.3) is 0 Å². The predicted molar refractivity (Wildman–Crippen MR) is 43.4 cm³/mol. The molecule has 2 heteroatoms. The number of fused-ring (bicyclic) bond motifs is 1. The van der Waals surface area contributed by atoms with Gasteiger partial charge in [-0.15, -0.1) is 11.6 Å². The highest BCUT2D eigenvalue weighted by Gasteiger charge is 2.16. The highest BCUT2D eigenvalue weighted by molar-refractivity contribution is 6.24. The van der Waals surface area contributed by atoms with Gasteiger partial charge in [-0.1, -0.05) is 12.2 Å². The fourth-order valence-electron chi connectivity index (χ4n) is 1.08. The van der Waals surface area contributed by atoms with E-state index >= 15 is 0 Å². The normalized spacial score (nSPS) is 27.9. The first-order chi connectivity index (χ1) is 4.88. The van der Waals surface area contributed by atoms with Crippen LogP contribution in [0.2, 0.25) is 0 Å². The lowest BCUT2D eigenvalue weighted by Crippen LogP contribution is -2.01. The zero-order valence-electron chi connectivity index (χ0n) is 5.29. The van der Waals surface area contributed by atoms with Crippen LogP contribution in [-0.4, -0.2) is 11.6 Å². The Morgan fingerprint density at radius 1 is 1.40 bits per heavy atom. The topological polar surface area (TPSA) is 12.4 Å². The molecule has 2 aliphatic rings. The second-order valence-electron chi connectivity index (χ2n) is 2.24. The van der Waals surface area contributed by atoms with Crippen molar-refractivity contribution < 1.29 is 0 Å². The molecule has 0 fully saturated rings. The summed E-state index contributed by atoms with van der Waals surface area (Å²) in [5.41, 5.74) is 2.12. The quantitative estimate of drug-likeness (QED) is 0.470. The summed E-state index contributed by atoms with van der Waals surface area (Å²) in [6, 6.07) is 0. The second-order valence-corrected chi connectivity index (χ2v) is 2.71. The van der Waals surface area contributed by atoms with Gasteiger partial charge in [0.2, 0.25) is 0 Å². The smallest absolute Gasteiger partial charge is 0.0790 e. The lowest BCUT2D eigenvalue weighted by Gasteiger charge is -2.09. The van der Waals surface area contributed by atoms with Crippen LogP contribution in [-0.2, 0) is 0 Å². The molecule has 0 N–H and O–H groups in total. The maximum absolute atomic E-state index is 5.94. The standard InChI is InChI=1S/C8H6ClN/c9-7-2-1-3-8-6(7)4-5-10-8/h1-5,7H/t7-/m1/s1. The molecule has 10 heavy (non-hydrogen) atoms. The number of nitrogens with zero attached hydrogens (tertiary/aromatic N) is 1. The van der Waals surface area contributed by atoms with Gasteiger partial charge >= 0.3 is 0 Å². The first-order valence-corrected chi connectivity index (χ1v) is 3.59. The summed E-state index contributed by atoms with van der Waals surface area (Å²) in [6.07, 6.45) is 9.59. The summed E-state index contributed by atoms with van der Waals surface area (Å²) >= 11 is 5.94. The van der Waals surface area contributed by atoms with Gasteiger partial charge in [0.1, 0.15) is 0 Å². The van der Waals surface area contributed by atoms with Crippen molar-refractivity contribution >= 4 is 17.8 Å². The Labute approximate surface area is 64.4 Å². The van der Waals surface area contributed by atoms with Gasteiger partial charge in [-0.3, -0.25) is 4.99 Å². The van der Waals surface area contributed by atoms with Crippen molar-refractivity contribution in [2.75, 3.05) is 0 Å². The Hall–Kier alpha value is -0.820. The van der Waals surface area contributed by atoms with E-state index in [1.54, 1.807) is 6.21 Å². The minimum atomic E-state index is 0.0162. The van der Waals surface area contributed by atoms with Crippen LogP contribution in [0.3, 0.4) is 0 Å². The number of hydrogen-bond acceptors (Lipinski definition) is 1. The van der Waals surface area contributed by atoms with Crippen LogP contribution in [0.1, 0.15) is 0 Å². The van der Waals surface area contributed by atoms with E-state index in [0.29, 0.717) is 0 Å². The highest BCUT2D eigenvalue weighted by atomic mass is 35.5. The molecule has 1 heterocycles. The molecule has 0 amide bonds. The molecule has 0 saturated heterocycles. The summed E-state index contributed by atoms with van der Waals surface area (Å²) in [5, 5.41) is 0.0162. The number of halogens is 1. The monoisotopic (exact) mass is 151 g/mol. The molecule has 0 unspecified atom stereocenters. The minimum absolute atomic E-state index is 0.0162. The van der Waals surface area contributed by atoms with Gasteiger partial charge in [0, 0.05) is 11.8 Å². The summed E-state index contributed by atoms with van der Waals surface area (Å²) in [6.45, 7) is 0. The molecule has 1 aliphatic heterocycles. The largest absolute Gasteiger partial charge is 0.257 e. The van der Waals surface area contributed by atoms with Gasteiger partial charge in [-0.25, -0.2) is 0 Å². The number of alkyl halides is 1. The average molecular weight is 152 g/mol. The van der Waals surface area contributed by atoms with E-state index in [-0.39, 0.29) is 5.38 Å². The number of aliphatic imine (C=N–C) groups is 1. The maximum Gasteiger partial charge on any atom is 0.0790 e. The van der Waals surface area contributed by atoms with Crippen molar-refractivity contribution in [1.82, 2.24) is 0 Å². The third-order valence-corrected chi connectivity index (χ3v) is 1.98. The Bertz CT molecular complexity index is 271. The summed E-state index contributed by atoms with van der Waals surface area (Å²) < 4.78 is 0. The van der Waals surface area contributed by atoms with Crippen molar-refractivity contribution in [2.45, 2.75) is 5.38 Å². The molecule has 0 aromatic carbocycles. The van der Waals surface area contributed by atoms with Crippen molar-refractivity contribution in [3.63, 3.8) is 0 Å². The lowest BCUT2D eigenvalue weighted by atomic mass is 10.1. The van der Waals surface area contributed by atoms with Gasteiger partial charge in [-0.2, -0.15) is 0 Å². The van der Waals surface area contributed by atoms with E-state index in [2.05, 4.69) is 4.99 Å². The van der Waals surface area contributed by atoms with Crippen LogP contribution in [0.25, 0.3) is 0 Å². The molecule has 0 spiro atoms. The van der Waals surface area contributed by atoms with Gasteiger partial charge in [-0.05, 0) is 12.2 Å². The summed E-state index contributed by atoms with van der Waals surface area (Å²) in [7, 11) is 0. The fourth-order valence-corrected chi connectivity index (χ4v) is 1.35. The predicted octanol–water partition coefficient (Wildman–Crippen LogP) is 2.06. The van der Waals surface area contributed by atoms with Crippen LogP contribution >= 0.6 is 11.6 Å². The molecular weight excluding hydrogens is 146 g/mol. The van der Waals surface area contributed by atoms with E-state index in [4.69, 9.17) is 11.6 Å². The number of allylic oxidation sites excluding steroid dienone is 5. The molecule has 50 valence electrons. The Morgan fingerprint density at radius 2 is 2.30 bits per heavy atom. The first-order valence-electron chi connectivity index (χ1n) is 3.15. The fraction of sp³-hybridized carbons (Fsp3) is 0.125. The van der Waals surface area contributed by atoms with Crippen LogP contribution in [0.15, 0.2) is 40.6 Å². The van der Waals surface area contributed by atoms with E-state index in [0.717, 1.165) is 11.3 Å². The highest BCUT2D eigenvalue weighted by Crippen LogP contribution is 2.27. The minimum Gasteiger partial charge on any atom is -0.257 e. The second kappa shape index (κ2) is 2.10. The molecule has 0 saturated carbocycles. The third-order valence-electron chi connectivity index (χ3n) is 1.59. The SMILES string of the molecule is Cl[C@@H]1C=CC=C2N=CC=C21. The maximum atomic E-state index is 5.94. The lowest BCUT2D eigenvalue weighted by molar-refractivity contribution is 1.19. The Kier molecular flexibility index (Phi) is 1.24. The van der Waals surface area contributed by atoms with Crippen molar-refractivity contribution in [3.8, 4) is 0 Å². The molecule has 0 radical (unpaired) electrons. The molecule has 0 aromatic heterocycles. The first kappa shape index (κ1) is 5.93. The Balaban J connectivity index is 2.45. The van der Waals surface area contributed by atoms with E-state index in [9.17, 15) is 0 Å². The van der Waals surface area contributed by atoms with E-state index in [1.165, 1.54) is 0 Å². The van der Waals surface area contributed by atoms with Crippen LogP contribution in [0, 0.1) is 0 Å². The molecule has 1 atom stereocenters. The molecule has 1 aliphatic carbocycles. The third kappa shape index (κ3) is 0.745. The molecule has 0 aromatic rings. The Morgan fingerprint density at radius 3 is 3.10 bits per heavy atom. The van der Waals surface area contributed by atoms with E-state index in [1.807, 2.05) is 24.3 Å². The average Bonchev–Trinajstić information content (AvgIpc) is 2.36. The van der Waals surface area contributed by atoms with Crippen LogP contribution < -0.4 is 0 Å². The van der Waals surface area contributed by atoms with Gasteiger partial charge in [0.15, 0.2) is 0 Å². The zero-order chi connectivity index (χ0) is 6.97. The molecular formula is C8H6ClN. The van der Waals surface area contributed by atoms with Crippen LogP contribution in [0.5, 0.6) is 0 Å². The van der Waals surface area contributed by atoms with E-state index < -0.39 is 0 Å². The summed E-state index contributed by atoms with van der Waals surface area (Å²) in [4.78, 5) is 4.12.